The Hall–Kier alpha value is -2.62. The predicted molar refractivity (Wildman–Crippen MR) is 76.7 cm³/mol. The number of amides is 1. The fourth-order valence-electron chi connectivity index (χ4n) is 2.10. The van der Waals surface area contributed by atoms with Gasteiger partial charge in [0, 0.05) is 6.54 Å². The molecule has 0 aliphatic rings. The van der Waals surface area contributed by atoms with Gasteiger partial charge >= 0.3 is 0 Å². The van der Waals surface area contributed by atoms with Gasteiger partial charge in [0.2, 0.25) is 0 Å². The number of hydrazine groups is 1. The molecule has 0 unspecified atom stereocenters. The normalized spacial score (nSPS) is 10.4. The molecule has 1 aromatic carbocycles. The van der Waals surface area contributed by atoms with Crippen LogP contribution < -0.4 is 11.3 Å². The summed E-state index contributed by atoms with van der Waals surface area (Å²) in [7, 11) is 1.91. The number of furan rings is 1. The van der Waals surface area contributed by atoms with Crippen LogP contribution in [-0.4, -0.2) is 17.9 Å². The largest absolute Gasteiger partial charge is 0.467 e. The van der Waals surface area contributed by atoms with Crippen molar-refractivity contribution in [3.63, 3.8) is 0 Å². The number of rotatable bonds is 5. The molecule has 0 aliphatic carbocycles. The van der Waals surface area contributed by atoms with Crippen LogP contribution in [0.15, 0.2) is 41.0 Å². The summed E-state index contributed by atoms with van der Waals surface area (Å²) in [5, 5.41) is 8.89. The number of benzene rings is 1. The second kappa shape index (κ2) is 6.70. The molecule has 6 nitrogen and oxygen atoms in total. The lowest BCUT2D eigenvalue weighted by Gasteiger charge is -2.16. The summed E-state index contributed by atoms with van der Waals surface area (Å²) in [5.74, 6) is 5.31. The third kappa shape index (κ3) is 3.69. The van der Waals surface area contributed by atoms with Gasteiger partial charge in [-0.15, -0.1) is 0 Å². The zero-order chi connectivity index (χ0) is 15.2. The van der Waals surface area contributed by atoms with Crippen molar-refractivity contribution >= 4 is 5.91 Å². The minimum Gasteiger partial charge on any atom is -0.467 e. The molecule has 6 heteroatoms. The molecule has 0 atom stereocenters. The molecule has 0 aliphatic heterocycles. The molecule has 0 bridgehead atoms. The number of nitriles is 1. The van der Waals surface area contributed by atoms with Crippen LogP contribution in [0.25, 0.3) is 0 Å². The second-order valence-corrected chi connectivity index (χ2v) is 4.72. The first-order valence-electron chi connectivity index (χ1n) is 6.39. The van der Waals surface area contributed by atoms with Gasteiger partial charge in [-0.3, -0.25) is 15.1 Å². The molecule has 0 spiro atoms. The Labute approximate surface area is 122 Å². The van der Waals surface area contributed by atoms with E-state index in [-0.39, 0.29) is 5.91 Å². The van der Waals surface area contributed by atoms with E-state index in [0.29, 0.717) is 30.0 Å². The van der Waals surface area contributed by atoms with Crippen molar-refractivity contribution < 1.29 is 9.21 Å². The third-order valence-electron chi connectivity index (χ3n) is 3.04. The average Bonchev–Trinajstić information content (AvgIpc) is 2.94. The van der Waals surface area contributed by atoms with Crippen molar-refractivity contribution in [3.05, 3.63) is 59.0 Å². The minimum atomic E-state index is -0.376. The summed E-state index contributed by atoms with van der Waals surface area (Å²) in [6, 6.07) is 11.1. The number of nitrogen functional groups attached to an aromatic ring is 1. The molecule has 0 fully saturated rings. The smallest absolute Gasteiger partial charge is 0.268 e. The van der Waals surface area contributed by atoms with Crippen molar-refractivity contribution in [3.8, 4) is 6.07 Å². The zero-order valence-corrected chi connectivity index (χ0v) is 11.7. The highest BCUT2D eigenvalue weighted by Crippen LogP contribution is 2.14. The lowest BCUT2D eigenvalue weighted by Crippen LogP contribution is -2.31. The maximum Gasteiger partial charge on any atom is 0.268 e. The van der Waals surface area contributed by atoms with Crippen LogP contribution in [0.2, 0.25) is 0 Å². The van der Waals surface area contributed by atoms with Crippen molar-refractivity contribution in [2.75, 3.05) is 7.05 Å². The lowest BCUT2D eigenvalue weighted by atomic mass is 10.1. The number of carbonyl (C=O) groups excluding carboxylic acids is 1. The fourth-order valence-corrected chi connectivity index (χ4v) is 2.10. The number of nitrogens with zero attached hydrogens (tertiary/aromatic N) is 2. The molecule has 2 rings (SSSR count). The molecule has 0 saturated heterocycles. The molecule has 0 radical (unpaired) electrons. The average molecular weight is 284 g/mol. The predicted octanol–water partition coefficient (Wildman–Crippen LogP) is 1.39. The van der Waals surface area contributed by atoms with Crippen LogP contribution in [-0.2, 0) is 13.1 Å². The minimum absolute atomic E-state index is 0.376. The Bertz CT molecular complexity index is 672. The summed E-state index contributed by atoms with van der Waals surface area (Å²) in [6.45, 7) is 1.10. The van der Waals surface area contributed by atoms with E-state index in [9.17, 15) is 4.79 Å². The quantitative estimate of drug-likeness (QED) is 0.491. The van der Waals surface area contributed by atoms with Gasteiger partial charge in [0.15, 0.2) is 0 Å². The molecular formula is C15H16N4O2. The van der Waals surface area contributed by atoms with E-state index in [1.54, 1.807) is 12.1 Å². The highest BCUT2D eigenvalue weighted by molar-refractivity contribution is 5.94. The van der Waals surface area contributed by atoms with Crippen LogP contribution in [0.5, 0.6) is 0 Å². The molecule has 108 valence electrons. The summed E-state index contributed by atoms with van der Waals surface area (Å²) in [4.78, 5) is 13.6. The first-order valence-corrected chi connectivity index (χ1v) is 6.39. The molecule has 1 amide bonds. The Kier molecular flexibility index (Phi) is 4.72. The second-order valence-electron chi connectivity index (χ2n) is 4.72. The molecule has 3 N–H and O–H groups in total. The highest BCUT2D eigenvalue weighted by atomic mass is 16.3. The maximum absolute atomic E-state index is 11.6. The molecule has 1 aromatic heterocycles. The maximum atomic E-state index is 11.6. The number of hydrogen-bond donors (Lipinski definition) is 2. The Morgan fingerprint density at radius 3 is 2.95 bits per heavy atom. The van der Waals surface area contributed by atoms with E-state index in [1.165, 1.54) is 6.26 Å². The standard InChI is InChI=1S/C15H16N4O2/c1-19(9-12-4-2-3-11(7-12)8-16)10-14-13(5-6-21-14)15(20)18-17/h2-7H,9-10,17H2,1H3,(H,18,20). The lowest BCUT2D eigenvalue weighted by molar-refractivity contribution is 0.0950. The van der Waals surface area contributed by atoms with Crippen LogP contribution in [0.3, 0.4) is 0 Å². The Morgan fingerprint density at radius 1 is 1.43 bits per heavy atom. The van der Waals surface area contributed by atoms with E-state index in [0.717, 1.165) is 5.56 Å². The molecular weight excluding hydrogens is 268 g/mol. The van der Waals surface area contributed by atoms with Crippen molar-refractivity contribution in [1.82, 2.24) is 10.3 Å². The monoisotopic (exact) mass is 284 g/mol. The van der Waals surface area contributed by atoms with Gasteiger partial charge in [0.05, 0.1) is 30.0 Å². The van der Waals surface area contributed by atoms with Crippen molar-refractivity contribution in [1.29, 1.82) is 5.26 Å². The zero-order valence-electron chi connectivity index (χ0n) is 11.7. The van der Waals surface area contributed by atoms with Crippen LogP contribution in [0.4, 0.5) is 0 Å². The first-order chi connectivity index (χ1) is 10.1. The van der Waals surface area contributed by atoms with Gasteiger partial charge in [-0.1, -0.05) is 12.1 Å². The molecule has 21 heavy (non-hydrogen) atoms. The fraction of sp³-hybridized carbons (Fsp3) is 0.200. The van der Waals surface area contributed by atoms with Gasteiger partial charge in [-0.2, -0.15) is 5.26 Å². The summed E-state index contributed by atoms with van der Waals surface area (Å²) >= 11 is 0. The topological polar surface area (TPSA) is 95.3 Å². The van der Waals surface area contributed by atoms with E-state index in [1.807, 2.05) is 30.1 Å². The number of hydrogen-bond acceptors (Lipinski definition) is 5. The number of nitrogens with two attached hydrogens (primary N) is 1. The van der Waals surface area contributed by atoms with E-state index in [2.05, 4.69) is 11.5 Å². The van der Waals surface area contributed by atoms with Gasteiger partial charge in [0.25, 0.3) is 5.91 Å². The van der Waals surface area contributed by atoms with Crippen molar-refractivity contribution in [2.24, 2.45) is 5.84 Å². The number of carbonyl (C=O) groups is 1. The molecule has 1 heterocycles. The van der Waals surface area contributed by atoms with E-state index < -0.39 is 0 Å². The van der Waals surface area contributed by atoms with Gasteiger partial charge in [-0.05, 0) is 30.8 Å². The van der Waals surface area contributed by atoms with Gasteiger partial charge in [0.1, 0.15) is 5.76 Å². The van der Waals surface area contributed by atoms with E-state index >= 15 is 0 Å². The van der Waals surface area contributed by atoms with Crippen LogP contribution in [0, 0.1) is 11.3 Å². The highest BCUT2D eigenvalue weighted by Gasteiger charge is 2.15. The van der Waals surface area contributed by atoms with E-state index in [4.69, 9.17) is 15.5 Å². The molecule has 2 aromatic rings. The van der Waals surface area contributed by atoms with Crippen LogP contribution in [0.1, 0.15) is 27.2 Å². The summed E-state index contributed by atoms with van der Waals surface area (Å²) in [5.41, 5.74) is 4.17. The third-order valence-corrected chi connectivity index (χ3v) is 3.04. The van der Waals surface area contributed by atoms with Gasteiger partial charge in [-0.25, -0.2) is 5.84 Å². The number of nitrogens with one attached hydrogen (secondary N) is 1. The molecule has 0 saturated carbocycles. The van der Waals surface area contributed by atoms with Gasteiger partial charge < -0.3 is 4.42 Å². The SMILES string of the molecule is CN(Cc1cccc(C#N)c1)Cc1occc1C(=O)NN. The summed E-state index contributed by atoms with van der Waals surface area (Å²) in [6.07, 6.45) is 1.46. The Balaban J connectivity index is 2.05. The van der Waals surface area contributed by atoms with Crippen LogP contribution >= 0.6 is 0 Å². The first kappa shape index (κ1) is 14.8. The summed E-state index contributed by atoms with van der Waals surface area (Å²) < 4.78 is 5.33. The van der Waals surface area contributed by atoms with Crippen molar-refractivity contribution in [2.45, 2.75) is 13.1 Å². The Morgan fingerprint density at radius 2 is 2.24 bits per heavy atom.